The number of nitrogens with zero attached hydrogens (tertiary/aromatic N) is 2. The number of carbonyl (C=O) groups is 2. The van der Waals surface area contributed by atoms with Gasteiger partial charge in [-0.2, -0.15) is 5.26 Å². The molecule has 0 saturated carbocycles. The third-order valence-corrected chi connectivity index (χ3v) is 6.55. The second-order valence-electron chi connectivity index (χ2n) is 10.7. The van der Waals surface area contributed by atoms with E-state index < -0.39 is 17.7 Å². The first-order valence-corrected chi connectivity index (χ1v) is 12.7. The van der Waals surface area contributed by atoms with Gasteiger partial charge >= 0.3 is 0 Å². The highest BCUT2D eigenvalue weighted by molar-refractivity contribution is 6.51. The minimum absolute atomic E-state index is 0.0314. The van der Waals surface area contributed by atoms with Crippen molar-refractivity contribution in [2.75, 3.05) is 12.0 Å². The molecule has 0 aromatic heterocycles. The highest BCUT2D eigenvalue weighted by Crippen LogP contribution is 2.44. The second kappa shape index (κ2) is 10.7. The van der Waals surface area contributed by atoms with Crippen molar-refractivity contribution in [1.29, 1.82) is 5.26 Å². The molecule has 3 aromatic carbocycles. The van der Waals surface area contributed by atoms with Gasteiger partial charge < -0.3 is 14.6 Å². The molecule has 0 aliphatic carbocycles. The quantitative estimate of drug-likeness (QED) is 0.231. The summed E-state index contributed by atoms with van der Waals surface area (Å²) in [5, 5.41) is 20.9. The van der Waals surface area contributed by atoms with Crippen LogP contribution >= 0.6 is 0 Å². The molecule has 1 fully saturated rings. The molecule has 39 heavy (non-hydrogen) atoms. The normalized spacial score (nSPS) is 16.9. The molecule has 4 rings (SSSR count). The molecule has 7 heteroatoms. The Hall–Kier alpha value is -4.57. The molecule has 1 atom stereocenters. The maximum absolute atomic E-state index is 13.6. The molecule has 0 bridgehead atoms. The van der Waals surface area contributed by atoms with Crippen LogP contribution in [0.25, 0.3) is 5.76 Å². The average Bonchev–Trinajstić information content (AvgIpc) is 3.17. The minimum Gasteiger partial charge on any atom is -0.507 e. The number of ether oxygens (including phenoxy) is 2. The zero-order chi connectivity index (χ0) is 28.5. The fraction of sp³-hybridized carbons (Fsp3) is 0.281. The van der Waals surface area contributed by atoms with Gasteiger partial charge in [-0.15, -0.1) is 0 Å². The summed E-state index contributed by atoms with van der Waals surface area (Å²) in [6, 6.07) is 19.9. The van der Waals surface area contributed by atoms with Crippen molar-refractivity contribution >= 4 is 23.1 Å². The van der Waals surface area contributed by atoms with Crippen molar-refractivity contribution in [2.24, 2.45) is 0 Å². The molecule has 1 N–H and O–H groups in total. The number of hydrogen-bond acceptors (Lipinski definition) is 6. The number of methoxy groups -OCH3 is 1. The number of ketones is 1. The maximum atomic E-state index is 13.6. The standard InChI is InChI=1S/C32H32N2O5/c1-19(2)39-24-9-7-8-21(16-24)28-27(29(35)22-12-15-26(38-6)25(17-22)32(3,4)5)30(36)31(37)34(28)23-13-10-20(18-33)11-14-23/h7-17,19,28,35H,1-6H3/b29-27+. The number of Topliss-reactive ketones (excluding diaryl/α,β-unsaturated/α-hetero) is 1. The minimum atomic E-state index is -0.922. The summed E-state index contributed by atoms with van der Waals surface area (Å²) in [6.07, 6.45) is -0.0831. The van der Waals surface area contributed by atoms with E-state index in [-0.39, 0.29) is 22.9 Å². The van der Waals surface area contributed by atoms with Crippen LogP contribution in [0, 0.1) is 11.3 Å². The Kier molecular flexibility index (Phi) is 7.51. The largest absolute Gasteiger partial charge is 0.507 e. The van der Waals surface area contributed by atoms with E-state index in [4.69, 9.17) is 9.47 Å². The zero-order valence-corrected chi connectivity index (χ0v) is 23.0. The van der Waals surface area contributed by atoms with Crippen LogP contribution in [0.5, 0.6) is 11.5 Å². The summed E-state index contributed by atoms with van der Waals surface area (Å²) < 4.78 is 11.4. The Bertz CT molecular complexity index is 1490. The maximum Gasteiger partial charge on any atom is 0.300 e. The number of benzene rings is 3. The summed E-state index contributed by atoms with van der Waals surface area (Å²) in [7, 11) is 1.58. The van der Waals surface area contributed by atoms with Crippen LogP contribution in [0.3, 0.4) is 0 Å². The number of carbonyl (C=O) groups excluding carboxylic acids is 2. The van der Waals surface area contributed by atoms with E-state index in [1.807, 2.05) is 34.6 Å². The number of amides is 1. The van der Waals surface area contributed by atoms with Crippen LogP contribution in [0.1, 0.15) is 62.9 Å². The summed E-state index contributed by atoms with van der Waals surface area (Å²) in [5.41, 5.74) is 2.36. The van der Waals surface area contributed by atoms with E-state index in [0.29, 0.717) is 33.9 Å². The Labute approximate surface area is 228 Å². The van der Waals surface area contributed by atoms with Gasteiger partial charge in [-0.05, 0) is 79.4 Å². The number of aliphatic hydroxyl groups is 1. The molecule has 200 valence electrons. The Balaban J connectivity index is 1.96. The lowest BCUT2D eigenvalue weighted by Crippen LogP contribution is -2.29. The van der Waals surface area contributed by atoms with E-state index in [1.54, 1.807) is 73.8 Å². The molecule has 0 radical (unpaired) electrons. The van der Waals surface area contributed by atoms with E-state index >= 15 is 0 Å². The average molecular weight is 525 g/mol. The van der Waals surface area contributed by atoms with Crippen molar-refractivity contribution in [3.05, 3.63) is 94.6 Å². The fourth-order valence-electron chi connectivity index (χ4n) is 4.74. The van der Waals surface area contributed by atoms with Crippen molar-refractivity contribution in [2.45, 2.75) is 52.2 Å². The SMILES string of the molecule is COc1ccc(/C(O)=C2\C(=O)C(=O)N(c3ccc(C#N)cc3)C2c2cccc(OC(C)C)c2)cc1C(C)(C)C. The monoisotopic (exact) mass is 524 g/mol. The molecule has 0 spiro atoms. The number of nitriles is 1. The van der Waals surface area contributed by atoms with Gasteiger partial charge in [-0.3, -0.25) is 14.5 Å². The van der Waals surface area contributed by atoms with Crippen LogP contribution in [-0.4, -0.2) is 30.0 Å². The second-order valence-corrected chi connectivity index (χ2v) is 10.7. The summed E-state index contributed by atoms with van der Waals surface area (Å²) >= 11 is 0. The predicted molar refractivity (Wildman–Crippen MR) is 150 cm³/mol. The fourth-order valence-corrected chi connectivity index (χ4v) is 4.74. The van der Waals surface area contributed by atoms with Gasteiger partial charge in [0, 0.05) is 16.8 Å². The summed E-state index contributed by atoms with van der Waals surface area (Å²) in [6.45, 7) is 9.90. The Morgan fingerprint density at radius 1 is 1.03 bits per heavy atom. The summed E-state index contributed by atoms with van der Waals surface area (Å²) in [5.74, 6) is -0.617. The molecule has 1 amide bonds. The number of hydrogen-bond donors (Lipinski definition) is 1. The van der Waals surface area contributed by atoms with Gasteiger partial charge in [0.2, 0.25) is 0 Å². The molecule has 1 unspecified atom stereocenters. The lowest BCUT2D eigenvalue weighted by Gasteiger charge is -2.26. The number of aliphatic hydroxyl groups excluding tert-OH is 1. The third kappa shape index (κ3) is 5.37. The van der Waals surface area contributed by atoms with Crippen LogP contribution in [-0.2, 0) is 15.0 Å². The Morgan fingerprint density at radius 2 is 1.72 bits per heavy atom. The topological polar surface area (TPSA) is 99.9 Å². The van der Waals surface area contributed by atoms with Crippen LogP contribution < -0.4 is 14.4 Å². The highest BCUT2D eigenvalue weighted by Gasteiger charge is 2.47. The molecule has 1 saturated heterocycles. The molecule has 1 heterocycles. The van der Waals surface area contributed by atoms with E-state index in [2.05, 4.69) is 6.07 Å². The van der Waals surface area contributed by atoms with Crippen molar-refractivity contribution in [1.82, 2.24) is 0 Å². The predicted octanol–water partition coefficient (Wildman–Crippen LogP) is 6.28. The summed E-state index contributed by atoms with van der Waals surface area (Å²) in [4.78, 5) is 28.4. The lowest BCUT2D eigenvalue weighted by molar-refractivity contribution is -0.132. The Morgan fingerprint density at radius 3 is 2.31 bits per heavy atom. The van der Waals surface area contributed by atoms with Crippen LogP contribution in [0.2, 0.25) is 0 Å². The van der Waals surface area contributed by atoms with Crippen molar-refractivity contribution in [3.63, 3.8) is 0 Å². The highest BCUT2D eigenvalue weighted by atomic mass is 16.5. The first kappa shape index (κ1) is 27.5. The smallest absolute Gasteiger partial charge is 0.300 e. The van der Waals surface area contributed by atoms with E-state index in [1.165, 1.54) is 4.90 Å². The number of rotatable bonds is 6. The third-order valence-electron chi connectivity index (χ3n) is 6.55. The molecule has 1 aliphatic rings. The molecular weight excluding hydrogens is 492 g/mol. The van der Waals surface area contributed by atoms with Crippen molar-refractivity contribution < 1.29 is 24.2 Å². The van der Waals surface area contributed by atoms with Gasteiger partial charge in [-0.1, -0.05) is 32.9 Å². The molecule has 1 aliphatic heterocycles. The molecular formula is C32H32N2O5. The first-order valence-electron chi connectivity index (χ1n) is 12.7. The van der Waals surface area contributed by atoms with E-state index in [9.17, 15) is 20.0 Å². The molecule has 3 aromatic rings. The van der Waals surface area contributed by atoms with Gasteiger partial charge in [0.15, 0.2) is 0 Å². The lowest BCUT2D eigenvalue weighted by atomic mass is 9.84. The van der Waals surface area contributed by atoms with Crippen molar-refractivity contribution in [3.8, 4) is 17.6 Å². The van der Waals surface area contributed by atoms with Crippen LogP contribution in [0.4, 0.5) is 5.69 Å². The van der Waals surface area contributed by atoms with Gasteiger partial charge in [0.25, 0.3) is 11.7 Å². The first-order chi connectivity index (χ1) is 18.5. The molecule has 7 nitrogen and oxygen atoms in total. The van der Waals surface area contributed by atoms with Crippen LogP contribution in [0.15, 0.2) is 72.3 Å². The van der Waals surface area contributed by atoms with E-state index in [0.717, 1.165) is 5.56 Å². The van der Waals surface area contributed by atoms with Gasteiger partial charge in [0.05, 0.1) is 36.5 Å². The number of anilines is 1. The van der Waals surface area contributed by atoms with Gasteiger partial charge in [-0.25, -0.2) is 0 Å². The van der Waals surface area contributed by atoms with Gasteiger partial charge in [0.1, 0.15) is 17.3 Å². The zero-order valence-electron chi connectivity index (χ0n) is 23.0.